The van der Waals surface area contributed by atoms with E-state index in [2.05, 4.69) is 5.32 Å². The summed E-state index contributed by atoms with van der Waals surface area (Å²) in [5, 5.41) is 3.34. The Morgan fingerprint density at radius 1 is 0.975 bits per heavy atom. The monoisotopic (exact) mass is 585 g/mol. The summed E-state index contributed by atoms with van der Waals surface area (Å²) in [4.78, 5) is 29.0. The van der Waals surface area contributed by atoms with Gasteiger partial charge in [-0.2, -0.15) is 0 Å². The van der Waals surface area contributed by atoms with Crippen LogP contribution >= 0.6 is 11.6 Å². The third-order valence-corrected chi connectivity index (χ3v) is 7.83. The normalized spacial score (nSPS) is 13.1. The number of fused-ring (bicyclic) bond motifs is 1. The van der Waals surface area contributed by atoms with Crippen LogP contribution in [0, 0.1) is 0 Å². The van der Waals surface area contributed by atoms with E-state index in [9.17, 15) is 18.0 Å². The second-order valence-electron chi connectivity index (χ2n) is 9.79. The number of ether oxygens (including phenoxy) is 2. The molecule has 1 atom stereocenters. The summed E-state index contributed by atoms with van der Waals surface area (Å²) in [6, 6.07) is 19.9. The van der Waals surface area contributed by atoms with Crippen LogP contribution in [0.1, 0.15) is 25.0 Å². The predicted molar refractivity (Wildman–Crippen MR) is 154 cm³/mol. The van der Waals surface area contributed by atoms with E-state index in [1.165, 1.54) is 11.0 Å². The molecule has 40 heavy (non-hydrogen) atoms. The first-order valence-corrected chi connectivity index (χ1v) is 15.0. The number of anilines is 1. The molecule has 0 saturated carbocycles. The first kappa shape index (κ1) is 29.2. The Hall–Kier alpha value is -3.76. The zero-order valence-electron chi connectivity index (χ0n) is 22.5. The Balaban J connectivity index is 1.74. The average molecular weight is 586 g/mol. The second kappa shape index (κ2) is 12.6. The number of carbonyl (C=O) groups is 2. The predicted octanol–water partition coefficient (Wildman–Crippen LogP) is 4.00. The molecule has 11 heteroatoms. The van der Waals surface area contributed by atoms with Crippen molar-refractivity contribution in [2.45, 2.75) is 38.9 Å². The molecule has 1 heterocycles. The highest BCUT2D eigenvalue weighted by Gasteiger charge is 2.34. The van der Waals surface area contributed by atoms with Gasteiger partial charge in [0, 0.05) is 30.1 Å². The van der Waals surface area contributed by atoms with Crippen LogP contribution in [-0.2, 0) is 32.6 Å². The molecular formula is C29H32ClN3O6S. The first-order chi connectivity index (χ1) is 19.0. The topological polar surface area (TPSA) is 105 Å². The van der Waals surface area contributed by atoms with Crippen molar-refractivity contribution in [3.63, 3.8) is 0 Å². The molecule has 9 nitrogen and oxygen atoms in total. The summed E-state index contributed by atoms with van der Waals surface area (Å²) in [5.74, 6) is -0.0574. The van der Waals surface area contributed by atoms with Crippen molar-refractivity contribution >= 4 is 39.1 Å². The molecule has 0 aliphatic carbocycles. The van der Waals surface area contributed by atoms with Crippen molar-refractivity contribution in [3.05, 3.63) is 88.9 Å². The van der Waals surface area contributed by atoms with Crippen LogP contribution in [-0.4, -0.2) is 56.8 Å². The SMILES string of the molecule is CC(C)NC(=O)[C@@H](Cc1ccccc1)N(Cc1ccccc1Cl)C(=O)CN(c1ccc2c(c1)OCO2)S(C)(=O)=O. The number of nitrogens with zero attached hydrogens (tertiary/aromatic N) is 2. The maximum absolute atomic E-state index is 14.1. The van der Waals surface area contributed by atoms with Gasteiger partial charge in [0.1, 0.15) is 12.6 Å². The molecule has 1 aliphatic heterocycles. The zero-order chi connectivity index (χ0) is 28.9. The quantitative estimate of drug-likeness (QED) is 0.365. The summed E-state index contributed by atoms with van der Waals surface area (Å²) in [5.41, 5.74) is 1.71. The van der Waals surface area contributed by atoms with Gasteiger partial charge in [0.25, 0.3) is 0 Å². The number of carbonyl (C=O) groups excluding carboxylic acids is 2. The second-order valence-corrected chi connectivity index (χ2v) is 12.1. The van der Waals surface area contributed by atoms with Crippen molar-refractivity contribution in [2.24, 2.45) is 0 Å². The minimum atomic E-state index is -3.91. The summed E-state index contributed by atoms with van der Waals surface area (Å²) in [6.45, 7) is 3.16. The molecule has 0 aromatic heterocycles. The summed E-state index contributed by atoms with van der Waals surface area (Å²) in [7, 11) is -3.91. The Morgan fingerprint density at radius 2 is 1.65 bits per heavy atom. The van der Waals surface area contributed by atoms with E-state index in [0.29, 0.717) is 22.1 Å². The summed E-state index contributed by atoms with van der Waals surface area (Å²) in [6.07, 6.45) is 1.24. The number of amides is 2. The van der Waals surface area contributed by atoms with Crippen molar-refractivity contribution in [1.82, 2.24) is 10.2 Å². The fraction of sp³-hybridized carbons (Fsp3) is 0.310. The Bertz CT molecular complexity index is 1470. The summed E-state index contributed by atoms with van der Waals surface area (Å²) >= 11 is 6.46. The van der Waals surface area contributed by atoms with E-state index in [4.69, 9.17) is 21.1 Å². The fourth-order valence-electron chi connectivity index (χ4n) is 4.40. The van der Waals surface area contributed by atoms with Gasteiger partial charge in [-0.15, -0.1) is 0 Å². The zero-order valence-corrected chi connectivity index (χ0v) is 24.1. The number of halogens is 1. The van der Waals surface area contributed by atoms with E-state index in [0.717, 1.165) is 16.1 Å². The maximum Gasteiger partial charge on any atom is 0.244 e. The molecule has 0 spiro atoms. The molecule has 0 bridgehead atoms. The molecular weight excluding hydrogens is 554 g/mol. The molecule has 0 radical (unpaired) electrons. The molecule has 3 aromatic rings. The van der Waals surface area contributed by atoms with E-state index in [1.54, 1.807) is 36.4 Å². The smallest absolute Gasteiger partial charge is 0.244 e. The molecule has 1 aliphatic rings. The van der Waals surface area contributed by atoms with Gasteiger partial charge in [-0.25, -0.2) is 8.42 Å². The van der Waals surface area contributed by atoms with E-state index in [1.807, 2.05) is 44.2 Å². The van der Waals surface area contributed by atoms with Gasteiger partial charge in [-0.1, -0.05) is 60.1 Å². The van der Waals surface area contributed by atoms with Crippen LogP contribution in [0.2, 0.25) is 5.02 Å². The molecule has 4 rings (SSSR count). The van der Waals surface area contributed by atoms with Gasteiger partial charge in [0.05, 0.1) is 11.9 Å². The molecule has 2 amide bonds. The van der Waals surface area contributed by atoms with Crippen molar-refractivity contribution in [2.75, 3.05) is 23.9 Å². The number of rotatable bonds is 11. The van der Waals surface area contributed by atoms with Crippen LogP contribution in [0.5, 0.6) is 11.5 Å². The number of nitrogens with one attached hydrogen (secondary N) is 1. The maximum atomic E-state index is 14.1. The first-order valence-electron chi connectivity index (χ1n) is 12.8. The lowest BCUT2D eigenvalue weighted by molar-refractivity contribution is -0.140. The van der Waals surface area contributed by atoms with Gasteiger partial charge < -0.3 is 19.7 Å². The number of sulfonamides is 1. The van der Waals surface area contributed by atoms with Gasteiger partial charge in [-0.05, 0) is 43.2 Å². The third-order valence-electron chi connectivity index (χ3n) is 6.32. The van der Waals surface area contributed by atoms with Crippen LogP contribution in [0.3, 0.4) is 0 Å². The average Bonchev–Trinajstić information content (AvgIpc) is 3.37. The lowest BCUT2D eigenvalue weighted by Crippen LogP contribution is -2.54. The Morgan fingerprint density at radius 3 is 2.33 bits per heavy atom. The molecule has 3 aromatic carbocycles. The lowest BCUT2D eigenvalue weighted by atomic mass is 10.0. The van der Waals surface area contributed by atoms with Gasteiger partial charge >= 0.3 is 0 Å². The lowest BCUT2D eigenvalue weighted by Gasteiger charge is -2.34. The fourth-order valence-corrected chi connectivity index (χ4v) is 5.44. The van der Waals surface area contributed by atoms with Crippen LogP contribution in [0.25, 0.3) is 0 Å². The molecule has 1 N–H and O–H groups in total. The molecule has 0 unspecified atom stereocenters. The minimum Gasteiger partial charge on any atom is -0.454 e. The van der Waals surface area contributed by atoms with Crippen molar-refractivity contribution in [3.8, 4) is 11.5 Å². The van der Waals surface area contributed by atoms with Crippen LogP contribution < -0.4 is 19.1 Å². The van der Waals surface area contributed by atoms with Gasteiger partial charge in [-0.3, -0.25) is 13.9 Å². The Labute approximate surface area is 239 Å². The highest BCUT2D eigenvalue weighted by molar-refractivity contribution is 7.92. The van der Waals surface area contributed by atoms with Crippen molar-refractivity contribution in [1.29, 1.82) is 0 Å². The molecule has 0 fully saturated rings. The standard InChI is InChI=1S/C29H32ClN3O6S/c1-20(2)31-29(35)25(15-21-9-5-4-6-10-21)32(17-22-11-7-8-12-24(22)30)28(34)18-33(40(3,36)37)23-13-14-26-27(16-23)39-19-38-26/h4-14,16,20,25H,15,17-19H2,1-3H3,(H,31,35)/t25-/m1/s1. The molecule has 212 valence electrons. The van der Waals surface area contributed by atoms with Gasteiger partial charge in [0.2, 0.25) is 28.6 Å². The third kappa shape index (κ3) is 7.25. The number of hydrogen-bond donors (Lipinski definition) is 1. The van der Waals surface area contributed by atoms with Crippen molar-refractivity contribution < 1.29 is 27.5 Å². The highest BCUT2D eigenvalue weighted by atomic mass is 35.5. The van der Waals surface area contributed by atoms with E-state index in [-0.39, 0.29) is 37.4 Å². The van der Waals surface area contributed by atoms with E-state index < -0.39 is 28.5 Å². The number of hydrogen-bond acceptors (Lipinski definition) is 6. The molecule has 0 saturated heterocycles. The largest absolute Gasteiger partial charge is 0.454 e. The minimum absolute atomic E-state index is 0.000261. The number of benzene rings is 3. The van der Waals surface area contributed by atoms with Crippen LogP contribution in [0.15, 0.2) is 72.8 Å². The highest BCUT2D eigenvalue weighted by Crippen LogP contribution is 2.36. The van der Waals surface area contributed by atoms with Gasteiger partial charge in [0.15, 0.2) is 11.5 Å². The van der Waals surface area contributed by atoms with Crippen LogP contribution in [0.4, 0.5) is 5.69 Å². The Kier molecular flexibility index (Phi) is 9.21. The van der Waals surface area contributed by atoms with E-state index >= 15 is 0 Å². The summed E-state index contributed by atoms with van der Waals surface area (Å²) < 4.78 is 37.6.